The molecule has 0 aliphatic carbocycles. The summed E-state index contributed by atoms with van der Waals surface area (Å²) in [5.74, 6) is 0.105. The van der Waals surface area contributed by atoms with Crippen molar-refractivity contribution < 1.29 is 14.3 Å². The number of hydrogen-bond acceptors (Lipinski definition) is 6. The highest BCUT2D eigenvalue weighted by Crippen LogP contribution is 2.19. The van der Waals surface area contributed by atoms with Crippen LogP contribution in [0.25, 0.3) is 0 Å². The highest BCUT2D eigenvalue weighted by atomic mass is 16.5. The maximum atomic E-state index is 12.2. The summed E-state index contributed by atoms with van der Waals surface area (Å²) in [6, 6.07) is 11.0. The standard InChI is InChI=1S/C17H20N4O3/c1-2-24-16-8-7-15(19-20-16)17(22)18-13-3-5-14(6-4-13)21-9-11-23-12-10-21/h3-8H,2,9-12H2,1H3,(H,18,22). The van der Waals surface area contributed by atoms with Gasteiger partial charge in [-0.2, -0.15) is 0 Å². The molecule has 2 heterocycles. The quantitative estimate of drug-likeness (QED) is 0.904. The molecule has 0 radical (unpaired) electrons. The second kappa shape index (κ2) is 7.74. The van der Waals surface area contributed by atoms with Gasteiger partial charge < -0.3 is 19.7 Å². The molecule has 126 valence electrons. The van der Waals surface area contributed by atoms with Crippen molar-refractivity contribution in [2.24, 2.45) is 0 Å². The molecule has 0 unspecified atom stereocenters. The molecule has 1 aromatic carbocycles. The normalized spacial score (nSPS) is 14.3. The molecule has 0 atom stereocenters. The van der Waals surface area contributed by atoms with Crippen LogP contribution in [0, 0.1) is 0 Å². The van der Waals surface area contributed by atoms with Crippen LogP contribution < -0.4 is 15.0 Å². The molecular formula is C17H20N4O3. The summed E-state index contributed by atoms with van der Waals surface area (Å²) < 4.78 is 10.6. The van der Waals surface area contributed by atoms with Crippen LogP contribution in [0.15, 0.2) is 36.4 Å². The lowest BCUT2D eigenvalue weighted by Crippen LogP contribution is -2.36. The number of ether oxygens (including phenoxy) is 2. The number of carbonyl (C=O) groups excluding carboxylic acids is 1. The molecule has 24 heavy (non-hydrogen) atoms. The molecule has 7 nitrogen and oxygen atoms in total. The SMILES string of the molecule is CCOc1ccc(C(=O)Nc2ccc(N3CCOCC3)cc2)nn1. The molecule has 1 aliphatic heterocycles. The van der Waals surface area contributed by atoms with E-state index < -0.39 is 0 Å². The van der Waals surface area contributed by atoms with Gasteiger partial charge in [0.2, 0.25) is 5.88 Å². The van der Waals surface area contributed by atoms with E-state index in [4.69, 9.17) is 9.47 Å². The van der Waals surface area contributed by atoms with Crippen LogP contribution in [0.4, 0.5) is 11.4 Å². The fourth-order valence-electron chi connectivity index (χ4n) is 2.44. The van der Waals surface area contributed by atoms with Crippen LogP contribution in [0.3, 0.4) is 0 Å². The van der Waals surface area contributed by atoms with Gasteiger partial charge >= 0.3 is 0 Å². The van der Waals surface area contributed by atoms with Gasteiger partial charge in [0.1, 0.15) is 0 Å². The Morgan fingerprint density at radius 3 is 2.54 bits per heavy atom. The van der Waals surface area contributed by atoms with Gasteiger partial charge in [-0.15, -0.1) is 10.2 Å². The fraction of sp³-hybridized carbons (Fsp3) is 0.353. The zero-order chi connectivity index (χ0) is 16.8. The molecule has 1 N–H and O–H groups in total. The highest BCUT2D eigenvalue weighted by molar-refractivity contribution is 6.02. The summed E-state index contributed by atoms with van der Waals surface area (Å²) in [4.78, 5) is 14.4. The molecule has 1 saturated heterocycles. The molecule has 1 amide bonds. The highest BCUT2D eigenvalue weighted by Gasteiger charge is 2.12. The largest absolute Gasteiger partial charge is 0.477 e. The van der Waals surface area contributed by atoms with Gasteiger partial charge in [0.15, 0.2) is 5.69 Å². The molecule has 3 rings (SSSR count). The predicted molar refractivity (Wildman–Crippen MR) is 90.6 cm³/mol. The van der Waals surface area contributed by atoms with Crippen LogP contribution >= 0.6 is 0 Å². The number of nitrogens with one attached hydrogen (secondary N) is 1. The average molecular weight is 328 g/mol. The van der Waals surface area contributed by atoms with Crippen molar-refractivity contribution >= 4 is 17.3 Å². The van der Waals surface area contributed by atoms with E-state index in [0.29, 0.717) is 18.2 Å². The van der Waals surface area contributed by atoms with Gasteiger partial charge in [0.25, 0.3) is 5.91 Å². The minimum atomic E-state index is -0.301. The second-order valence-corrected chi connectivity index (χ2v) is 5.29. The van der Waals surface area contributed by atoms with Crippen LogP contribution in [0.2, 0.25) is 0 Å². The third kappa shape index (κ3) is 3.99. The lowest BCUT2D eigenvalue weighted by Gasteiger charge is -2.28. The van der Waals surface area contributed by atoms with Gasteiger partial charge in [-0.3, -0.25) is 4.79 Å². The molecule has 0 bridgehead atoms. The van der Waals surface area contributed by atoms with Gasteiger partial charge in [0.05, 0.1) is 19.8 Å². The summed E-state index contributed by atoms with van der Waals surface area (Å²) in [5, 5.41) is 10.5. The van der Waals surface area contributed by atoms with E-state index in [2.05, 4.69) is 20.4 Å². The zero-order valence-electron chi connectivity index (χ0n) is 13.6. The number of hydrogen-bond donors (Lipinski definition) is 1. The fourth-order valence-corrected chi connectivity index (χ4v) is 2.44. The molecule has 0 saturated carbocycles. The third-order valence-electron chi connectivity index (χ3n) is 3.67. The molecule has 0 spiro atoms. The van der Waals surface area contributed by atoms with Gasteiger partial charge in [-0.25, -0.2) is 0 Å². The molecular weight excluding hydrogens is 308 g/mol. The molecule has 1 aliphatic rings. The van der Waals surface area contributed by atoms with E-state index in [1.54, 1.807) is 12.1 Å². The summed E-state index contributed by atoms with van der Waals surface area (Å²) in [5.41, 5.74) is 2.08. The smallest absolute Gasteiger partial charge is 0.276 e. The monoisotopic (exact) mass is 328 g/mol. The third-order valence-corrected chi connectivity index (χ3v) is 3.67. The second-order valence-electron chi connectivity index (χ2n) is 5.29. The first-order chi connectivity index (χ1) is 11.8. The van der Waals surface area contributed by atoms with Crippen molar-refractivity contribution in [1.29, 1.82) is 0 Å². The Hall–Kier alpha value is -2.67. The Kier molecular flexibility index (Phi) is 5.22. The van der Waals surface area contributed by atoms with Crippen molar-refractivity contribution in [3.63, 3.8) is 0 Å². The maximum absolute atomic E-state index is 12.2. The number of carbonyl (C=O) groups is 1. The van der Waals surface area contributed by atoms with Crippen molar-refractivity contribution in [2.45, 2.75) is 6.92 Å². The van der Waals surface area contributed by atoms with Crippen molar-refractivity contribution in [3.8, 4) is 5.88 Å². The number of nitrogens with zero attached hydrogens (tertiary/aromatic N) is 3. The van der Waals surface area contributed by atoms with Crippen LogP contribution in [0.1, 0.15) is 17.4 Å². The Morgan fingerprint density at radius 2 is 1.92 bits per heavy atom. The van der Waals surface area contributed by atoms with E-state index in [9.17, 15) is 4.79 Å². The summed E-state index contributed by atoms with van der Waals surface area (Å²) >= 11 is 0. The lowest BCUT2D eigenvalue weighted by atomic mass is 10.2. The number of morpholine rings is 1. The molecule has 1 fully saturated rings. The van der Waals surface area contributed by atoms with Gasteiger partial charge in [-0.1, -0.05) is 0 Å². The van der Waals surface area contributed by atoms with E-state index in [1.165, 1.54) is 0 Å². The lowest BCUT2D eigenvalue weighted by molar-refractivity contribution is 0.102. The number of rotatable bonds is 5. The minimum absolute atomic E-state index is 0.246. The summed E-state index contributed by atoms with van der Waals surface area (Å²) in [6.45, 7) is 5.63. The first-order valence-electron chi connectivity index (χ1n) is 7.97. The first-order valence-corrected chi connectivity index (χ1v) is 7.97. The molecule has 1 aromatic heterocycles. The Morgan fingerprint density at radius 1 is 1.17 bits per heavy atom. The number of aromatic nitrogens is 2. The van der Waals surface area contributed by atoms with Gasteiger partial charge in [-0.05, 0) is 37.3 Å². The van der Waals surface area contributed by atoms with Gasteiger partial charge in [0, 0.05) is 30.5 Å². The Balaban J connectivity index is 1.61. The van der Waals surface area contributed by atoms with E-state index >= 15 is 0 Å². The number of benzene rings is 1. The maximum Gasteiger partial charge on any atom is 0.276 e. The van der Waals surface area contributed by atoms with Crippen molar-refractivity contribution in [1.82, 2.24) is 10.2 Å². The zero-order valence-corrected chi connectivity index (χ0v) is 13.6. The predicted octanol–water partition coefficient (Wildman–Crippen LogP) is 1.96. The van der Waals surface area contributed by atoms with Crippen LogP contribution in [-0.2, 0) is 4.74 Å². The Labute approximate surface area is 140 Å². The summed E-state index contributed by atoms with van der Waals surface area (Å²) in [6.07, 6.45) is 0. The van der Waals surface area contributed by atoms with Crippen LogP contribution in [-0.4, -0.2) is 49.0 Å². The molecule has 7 heteroatoms. The molecule has 2 aromatic rings. The van der Waals surface area contributed by atoms with Crippen molar-refractivity contribution in [2.75, 3.05) is 43.1 Å². The summed E-state index contributed by atoms with van der Waals surface area (Å²) in [7, 11) is 0. The van der Waals surface area contributed by atoms with E-state index in [0.717, 1.165) is 32.0 Å². The van der Waals surface area contributed by atoms with Crippen LogP contribution in [0.5, 0.6) is 5.88 Å². The first kappa shape index (κ1) is 16.2. The topological polar surface area (TPSA) is 76.6 Å². The minimum Gasteiger partial charge on any atom is -0.477 e. The van der Waals surface area contributed by atoms with E-state index in [1.807, 2.05) is 31.2 Å². The van der Waals surface area contributed by atoms with E-state index in [-0.39, 0.29) is 11.6 Å². The number of anilines is 2. The van der Waals surface area contributed by atoms with Crippen molar-refractivity contribution in [3.05, 3.63) is 42.1 Å². The number of amides is 1. The Bertz CT molecular complexity index is 667. The average Bonchev–Trinajstić information content (AvgIpc) is 2.64.